The number of carbonyl (C=O) groups is 1. The van der Waals surface area contributed by atoms with E-state index >= 15 is 0 Å². The molecule has 36 heavy (non-hydrogen) atoms. The van der Waals surface area contributed by atoms with Crippen LogP contribution < -0.4 is 14.8 Å². The van der Waals surface area contributed by atoms with Gasteiger partial charge >= 0.3 is 0 Å². The van der Waals surface area contributed by atoms with Crippen molar-refractivity contribution in [3.8, 4) is 11.5 Å². The van der Waals surface area contributed by atoms with Crippen LogP contribution in [0.15, 0.2) is 78.9 Å². The third kappa shape index (κ3) is 5.52. The molecule has 1 aromatic heterocycles. The van der Waals surface area contributed by atoms with E-state index in [9.17, 15) is 4.79 Å². The molecule has 1 saturated heterocycles. The maximum Gasteiger partial charge on any atom is 0.240 e. The summed E-state index contributed by atoms with van der Waals surface area (Å²) < 4.78 is 13.3. The highest BCUT2D eigenvalue weighted by atomic mass is 16.5. The third-order valence-corrected chi connectivity index (χ3v) is 6.70. The van der Waals surface area contributed by atoms with Crippen LogP contribution in [0.4, 0.5) is 0 Å². The number of nitrogens with one attached hydrogen (secondary N) is 1. The van der Waals surface area contributed by atoms with E-state index in [4.69, 9.17) is 14.5 Å². The van der Waals surface area contributed by atoms with Crippen LogP contribution in [0.2, 0.25) is 0 Å². The van der Waals surface area contributed by atoms with Gasteiger partial charge in [0, 0.05) is 6.54 Å². The van der Waals surface area contributed by atoms with Crippen LogP contribution in [0.5, 0.6) is 11.5 Å². The molecule has 1 atom stereocenters. The van der Waals surface area contributed by atoms with Crippen molar-refractivity contribution in [3.05, 3.63) is 90.3 Å². The Bertz CT molecular complexity index is 1300. The first-order chi connectivity index (χ1) is 17.7. The second-order valence-electron chi connectivity index (χ2n) is 9.04. The predicted molar refractivity (Wildman–Crippen MR) is 140 cm³/mol. The molecule has 186 valence electrons. The number of aromatic nitrogens is 2. The SMILES string of the molecule is COc1cccc(C(CNC(=O)Cn2c(COc3ccccc3)nc3ccccc32)N2CCCC2)c1. The largest absolute Gasteiger partial charge is 0.497 e. The molecule has 2 heterocycles. The molecule has 1 aliphatic heterocycles. The third-order valence-electron chi connectivity index (χ3n) is 6.70. The van der Waals surface area contributed by atoms with Crippen molar-refractivity contribution >= 4 is 16.9 Å². The van der Waals surface area contributed by atoms with Gasteiger partial charge in [-0.2, -0.15) is 0 Å². The van der Waals surface area contributed by atoms with E-state index in [1.54, 1.807) is 7.11 Å². The number of imidazole rings is 1. The fraction of sp³-hybridized carbons (Fsp3) is 0.310. The van der Waals surface area contributed by atoms with Gasteiger partial charge in [0.25, 0.3) is 0 Å². The fourth-order valence-corrected chi connectivity index (χ4v) is 4.85. The summed E-state index contributed by atoms with van der Waals surface area (Å²) in [7, 11) is 1.68. The van der Waals surface area contributed by atoms with Gasteiger partial charge in [-0.05, 0) is 67.9 Å². The lowest BCUT2D eigenvalue weighted by atomic mass is 10.0. The Labute approximate surface area is 211 Å². The highest BCUT2D eigenvalue weighted by Gasteiger charge is 2.24. The summed E-state index contributed by atoms with van der Waals surface area (Å²) in [5.74, 6) is 2.27. The van der Waals surface area contributed by atoms with Gasteiger partial charge in [-0.25, -0.2) is 4.98 Å². The summed E-state index contributed by atoms with van der Waals surface area (Å²) in [5.41, 5.74) is 2.92. The van der Waals surface area contributed by atoms with Crippen molar-refractivity contribution in [2.24, 2.45) is 0 Å². The van der Waals surface area contributed by atoms with Gasteiger partial charge in [0.15, 0.2) is 0 Å². The molecule has 5 rings (SSSR count). The summed E-state index contributed by atoms with van der Waals surface area (Å²) in [6.45, 7) is 3.06. The molecule has 0 radical (unpaired) electrons. The Morgan fingerprint density at radius 2 is 1.72 bits per heavy atom. The molecular formula is C29H32N4O3. The molecule has 3 aromatic carbocycles. The van der Waals surface area contributed by atoms with Gasteiger partial charge in [-0.1, -0.05) is 42.5 Å². The van der Waals surface area contributed by atoms with E-state index in [2.05, 4.69) is 22.3 Å². The van der Waals surface area contributed by atoms with E-state index in [-0.39, 0.29) is 25.1 Å². The highest BCUT2D eigenvalue weighted by Crippen LogP contribution is 2.27. The minimum absolute atomic E-state index is 0.0498. The number of hydrogen-bond donors (Lipinski definition) is 1. The number of fused-ring (bicyclic) bond motifs is 1. The van der Waals surface area contributed by atoms with E-state index in [0.717, 1.165) is 47.0 Å². The van der Waals surface area contributed by atoms with E-state index in [1.807, 2.05) is 71.3 Å². The van der Waals surface area contributed by atoms with Crippen LogP contribution in [-0.2, 0) is 17.9 Å². The number of methoxy groups -OCH3 is 1. The lowest BCUT2D eigenvalue weighted by Crippen LogP contribution is -2.38. The van der Waals surface area contributed by atoms with Gasteiger partial charge in [-0.15, -0.1) is 0 Å². The minimum atomic E-state index is -0.0498. The first-order valence-electron chi connectivity index (χ1n) is 12.5. The molecule has 7 heteroatoms. The monoisotopic (exact) mass is 484 g/mol. The van der Waals surface area contributed by atoms with Crippen molar-refractivity contribution in [2.45, 2.75) is 32.0 Å². The van der Waals surface area contributed by atoms with Crippen LogP contribution in [0.25, 0.3) is 11.0 Å². The Hall–Kier alpha value is -3.84. The van der Waals surface area contributed by atoms with Crippen LogP contribution in [0.3, 0.4) is 0 Å². The first kappa shape index (κ1) is 23.9. The smallest absolute Gasteiger partial charge is 0.240 e. The second-order valence-corrected chi connectivity index (χ2v) is 9.04. The number of ether oxygens (including phenoxy) is 2. The lowest BCUT2D eigenvalue weighted by molar-refractivity contribution is -0.121. The maximum absolute atomic E-state index is 13.2. The van der Waals surface area contributed by atoms with Gasteiger partial charge in [0.05, 0.1) is 24.2 Å². The highest BCUT2D eigenvalue weighted by molar-refractivity contribution is 5.81. The van der Waals surface area contributed by atoms with E-state index < -0.39 is 0 Å². The Morgan fingerprint density at radius 3 is 2.53 bits per heavy atom. The zero-order chi connectivity index (χ0) is 24.7. The van der Waals surface area contributed by atoms with Gasteiger partial charge in [-0.3, -0.25) is 9.69 Å². The molecule has 7 nitrogen and oxygen atoms in total. The van der Waals surface area contributed by atoms with E-state index in [1.165, 1.54) is 12.8 Å². The summed E-state index contributed by atoms with van der Waals surface area (Å²) in [6, 6.07) is 25.8. The molecule has 0 spiro atoms. The number of amides is 1. The molecule has 1 fully saturated rings. The molecule has 0 bridgehead atoms. The summed E-state index contributed by atoms with van der Waals surface area (Å²) in [6.07, 6.45) is 2.36. The molecule has 1 N–H and O–H groups in total. The summed E-state index contributed by atoms with van der Waals surface area (Å²) in [4.78, 5) is 20.4. The maximum atomic E-state index is 13.2. The normalized spacial score (nSPS) is 14.6. The Kier molecular flexibility index (Phi) is 7.47. The van der Waals surface area contributed by atoms with Gasteiger partial charge < -0.3 is 19.4 Å². The average molecular weight is 485 g/mol. The Balaban J connectivity index is 1.31. The summed E-state index contributed by atoms with van der Waals surface area (Å²) in [5, 5.41) is 3.19. The fourth-order valence-electron chi connectivity index (χ4n) is 4.85. The van der Waals surface area contributed by atoms with Crippen LogP contribution in [-0.4, -0.2) is 47.1 Å². The number of nitrogens with zero attached hydrogens (tertiary/aromatic N) is 3. The second kappa shape index (κ2) is 11.3. The topological polar surface area (TPSA) is 68.6 Å². The van der Waals surface area contributed by atoms with Crippen molar-refractivity contribution < 1.29 is 14.3 Å². The molecule has 4 aromatic rings. The molecule has 0 saturated carbocycles. The minimum Gasteiger partial charge on any atom is -0.497 e. The molecular weight excluding hydrogens is 452 g/mol. The van der Waals surface area contributed by atoms with Crippen molar-refractivity contribution in [3.63, 3.8) is 0 Å². The van der Waals surface area contributed by atoms with Crippen molar-refractivity contribution in [2.75, 3.05) is 26.7 Å². The van der Waals surface area contributed by atoms with Crippen molar-refractivity contribution in [1.82, 2.24) is 19.8 Å². The standard InChI is InChI=1S/C29H32N4O3/c1-35-24-13-9-10-22(18-24)27(32-16-7-8-17-32)19-30-29(34)20-33-26-15-6-5-14-25(26)31-28(33)21-36-23-11-3-2-4-12-23/h2-6,9-15,18,27H,7-8,16-17,19-21H2,1H3,(H,30,34). The molecule has 1 unspecified atom stereocenters. The van der Waals surface area contributed by atoms with Crippen LogP contribution >= 0.6 is 0 Å². The molecule has 1 amide bonds. The number of hydrogen-bond acceptors (Lipinski definition) is 5. The van der Waals surface area contributed by atoms with Gasteiger partial charge in [0.2, 0.25) is 5.91 Å². The number of para-hydroxylation sites is 3. The quantitative estimate of drug-likeness (QED) is 0.357. The molecule has 1 aliphatic rings. The van der Waals surface area contributed by atoms with Crippen molar-refractivity contribution in [1.29, 1.82) is 0 Å². The first-order valence-corrected chi connectivity index (χ1v) is 12.5. The van der Waals surface area contributed by atoms with Crippen LogP contribution in [0, 0.1) is 0 Å². The van der Waals surface area contributed by atoms with Gasteiger partial charge in [0.1, 0.15) is 30.5 Å². The van der Waals surface area contributed by atoms with Crippen LogP contribution in [0.1, 0.15) is 30.3 Å². The summed E-state index contributed by atoms with van der Waals surface area (Å²) >= 11 is 0. The molecule has 0 aliphatic carbocycles. The number of benzene rings is 3. The lowest BCUT2D eigenvalue weighted by Gasteiger charge is -2.28. The number of carbonyl (C=O) groups excluding carboxylic acids is 1. The van der Waals surface area contributed by atoms with E-state index in [0.29, 0.717) is 6.54 Å². The predicted octanol–water partition coefficient (Wildman–Crippen LogP) is 4.58. The zero-order valence-electron chi connectivity index (χ0n) is 20.6. The number of rotatable bonds is 10. The number of likely N-dealkylation sites (tertiary alicyclic amines) is 1. The Morgan fingerprint density at radius 1 is 0.972 bits per heavy atom. The average Bonchev–Trinajstić information content (AvgIpc) is 3.57. The zero-order valence-corrected chi connectivity index (χ0v) is 20.6.